The Morgan fingerprint density at radius 2 is 1.79 bits per heavy atom. The number of nitrogens with zero attached hydrogens (tertiary/aromatic N) is 1. The van der Waals surface area contributed by atoms with E-state index in [1.54, 1.807) is 0 Å². The SMILES string of the molecule is Fc1cc(CN2CCC3CNCC3C2)cc(F)c1F. The third kappa shape index (κ3) is 2.62. The molecule has 0 spiro atoms. The van der Waals surface area contributed by atoms with Crippen molar-refractivity contribution in [2.24, 2.45) is 11.8 Å². The predicted molar refractivity (Wildman–Crippen MR) is 66.1 cm³/mol. The Balaban J connectivity index is 1.68. The number of likely N-dealkylation sites (tertiary alicyclic amines) is 1. The van der Waals surface area contributed by atoms with Crippen molar-refractivity contribution in [1.29, 1.82) is 0 Å². The van der Waals surface area contributed by atoms with E-state index < -0.39 is 17.5 Å². The number of halogens is 3. The van der Waals surface area contributed by atoms with Gasteiger partial charge in [0.2, 0.25) is 0 Å². The van der Waals surface area contributed by atoms with Crippen molar-refractivity contribution >= 4 is 0 Å². The van der Waals surface area contributed by atoms with Gasteiger partial charge in [0.15, 0.2) is 17.5 Å². The van der Waals surface area contributed by atoms with Crippen molar-refractivity contribution < 1.29 is 13.2 Å². The van der Waals surface area contributed by atoms with E-state index in [0.717, 1.165) is 50.7 Å². The van der Waals surface area contributed by atoms with Gasteiger partial charge in [-0.25, -0.2) is 13.2 Å². The van der Waals surface area contributed by atoms with Gasteiger partial charge in [-0.15, -0.1) is 0 Å². The molecule has 2 nitrogen and oxygen atoms in total. The molecule has 2 unspecified atom stereocenters. The summed E-state index contributed by atoms with van der Waals surface area (Å²) in [6.07, 6.45) is 1.11. The largest absolute Gasteiger partial charge is 0.316 e. The first-order valence-electron chi connectivity index (χ1n) is 6.70. The lowest BCUT2D eigenvalue weighted by molar-refractivity contribution is 0.142. The number of nitrogens with one attached hydrogen (secondary N) is 1. The molecule has 2 saturated heterocycles. The molecule has 0 radical (unpaired) electrons. The highest BCUT2D eigenvalue weighted by Gasteiger charge is 2.32. The van der Waals surface area contributed by atoms with Crippen LogP contribution >= 0.6 is 0 Å². The molecule has 0 bridgehead atoms. The maximum atomic E-state index is 13.2. The standard InChI is InChI=1S/C14H17F3N2/c15-12-3-9(4-13(16)14(12)17)7-19-2-1-10-5-18-6-11(10)8-19/h3-4,10-11,18H,1-2,5-8H2. The van der Waals surface area contributed by atoms with E-state index in [-0.39, 0.29) is 0 Å². The first-order chi connectivity index (χ1) is 9.13. The van der Waals surface area contributed by atoms with E-state index in [4.69, 9.17) is 0 Å². The molecule has 1 aromatic rings. The van der Waals surface area contributed by atoms with E-state index in [9.17, 15) is 13.2 Å². The van der Waals surface area contributed by atoms with Crippen LogP contribution in [-0.2, 0) is 6.54 Å². The molecular formula is C14H17F3N2. The minimum Gasteiger partial charge on any atom is -0.316 e. The molecule has 2 heterocycles. The van der Waals surface area contributed by atoms with Crippen molar-refractivity contribution in [3.63, 3.8) is 0 Å². The van der Waals surface area contributed by atoms with Gasteiger partial charge in [0.05, 0.1) is 0 Å². The van der Waals surface area contributed by atoms with Crippen molar-refractivity contribution in [3.8, 4) is 0 Å². The van der Waals surface area contributed by atoms with Crippen molar-refractivity contribution in [1.82, 2.24) is 10.2 Å². The van der Waals surface area contributed by atoms with Gasteiger partial charge in [-0.05, 0) is 55.6 Å². The fraction of sp³-hybridized carbons (Fsp3) is 0.571. The Labute approximate surface area is 110 Å². The smallest absolute Gasteiger partial charge is 0.194 e. The van der Waals surface area contributed by atoms with Crippen LogP contribution in [0.5, 0.6) is 0 Å². The van der Waals surface area contributed by atoms with Crippen molar-refractivity contribution in [2.45, 2.75) is 13.0 Å². The zero-order valence-electron chi connectivity index (χ0n) is 10.6. The molecule has 0 saturated carbocycles. The number of hydrogen-bond acceptors (Lipinski definition) is 2. The summed E-state index contributed by atoms with van der Waals surface area (Å²) >= 11 is 0. The van der Waals surface area contributed by atoms with E-state index in [2.05, 4.69) is 10.2 Å². The fourth-order valence-corrected chi connectivity index (χ4v) is 3.21. The Morgan fingerprint density at radius 1 is 1.11 bits per heavy atom. The molecule has 1 aromatic carbocycles. The Hall–Kier alpha value is -1.07. The van der Waals surface area contributed by atoms with Gasteiger partial charge in [0.25, 0.3) is 0 Å². The Bertz CT molecular complexity index is 455. The zero-order chi connectivity index (χ0) is 13.4. The van der Waals surface area contributed by atoms with Crippen LogP contribution in [0, 0.1) is 29.3 Å². The number of rotatable bonds is 2. The van der Waals surface area contributed by atoms with Gasteiger partial charge in [-0.3, -0.25) is 4.90 Å². The lowest BCUT2D eigenvalue weighted by Crippen LogP contribution is -2.39. The second kappa shape index (κ2) is 5.13. The summed E-state index contributed by atoms with van der Waals surface area (Å²) in [4.78, 5) is 2.19. The highest BCUT2D eigenvalue weighted by molar-refractivity contribution is 5.19. The average molecular weight is 270 g/mol. The maximum Gasteiger partial charge on any atom is 0.194 e. The van der Waals surface area contributed by atoms with Crippen molar-refractivity contribution in [2.75, 3.05) is 26.2 Å². The second-order valence-corrected chi connectivity index (χ2v) is 5.58. The molecule has 19 heavy (non-hydrogen) atoms. The van der Waals surface area contributed by atoms with E-state index in [1.807, 2.05) is 0 Å². The van der Waals surface area contributed by atoms with Gasteiger partial charge >= 0.3 is 0 Å². The molecule has 2 fully saturated rings. The quantitative estimate of drug-likeness (QED) is 0.828. The van der Waals surface area contributed by atoms with Crippen LogP contribution in [0.1, 0.15) is 12.0 Å². The van der Waals surface area contributed by atoms with Gasteiger partial charge in [-0.2, -0.15) is 0 Å². The first-order valence-corrected chi connectivity index (χ1v) is 6.70. The molecule has 0 amide bonds. The minimum atomic E-state index is -1.39. The third-order valence-corrected chi connectivity index (χ3v) is 4.24. The highest BCUT2D eigenvalue weighted by Crippen LogP contribution is 2.27. The van der Waals surface area contributed by atoms with Crippen LogP contribution in [0.4, 0.5) is 13.2 Å². The van der Waals surface area contributed by atoms with E-state index in [0.29, 0.717) is 18.0 Å². The lowest BCUT2D eigenvalue weighted by Gasteiger charge is -2.34. The number of benzene rings is 1. The summed E-state index contributed by atoms with van der Waals surface area (Å²) in [6, 6.07) is 2.19. The fourth-order valence-electron chi connectivity index (χ4n) is 3.21. The van der Waals surface area contributed by atoms with Crippen LogP contribution in [0.2, 0.25) is 0 Å². The maximum absolute atomic E-state index is 13.2. The summed E-state index contributed by atoms with van der Waals surface area (Å²) in [5, 5.41) is 3.38. The molecule has 104 valence electrons. The monoisotopic (exact) mass is 270 g/mol. The molecule has 3 rings (SSSR count). The number of piperidine rings is 1. The lowest BCUT2D eigenvalue weighted by atomic mass is 9.88. The van der Waals surface area contributed by atoms with Gasteiger partial charge in [0.1, 0.15) is 0 Å². The molecule has 0 aromatic heterocycles. The van der Waals surface area contributed by atoms with Crippen LogP contribution < -0.4 is 5.32 Å². The summed E-state index contributed by atoms with van der Waals surface area (Å²) in [5.41, 5.74) is 0.501. The molecule has 2 atom stereocenters. The minimum absolute atomic E-state index is 0.483. The highest BCUT2D eigenvalue weighted by atomic mass is 19.2. The molecule has 2 aliphatic heterocycles. The Kier molecular flexibility index (Phi) is 3.50. The van der Waals surface area contributed by atoms with Crippen LogP contribution in [0.3, 0.4) is 0 Å². The van der Waals surface area contributed by atoms with Crippen LogP contribution in [-0.4, -0.2) is 31.1 Å². The van der Waals surface area contributed by atoms with Crippen LogP contribution in [0.15, 0.2) is 12.1 Å². The molecule has 0 aliphatic carbocycles. The Morgan fingerprint density at radius 3 is 2.53 bits per heavy atom. The third-order valence-electron chi connectivity index (χ3n) is 4.24. The topological polar surface area (TPSA) is 15.3 Å². The zero-order valence-corrected chi connectivity index (χ0v) is 10.6. The average Bonchev–Trinajstić information content (AvgIpc) is 2.83. The summed E-state index contributed by atoms with van der Waals surface area (Å²) < 4.78 is 39.2. The molecular weight excluding hydrogens is 253 g/mol. The van der Waals surface area contributed by atoms with Gasteiger partial charge in [-0.1, -0.05) is 0 Å². The second-order valence-electron chi connectivity index (χ2n) is 5.58. The summed E-state index contributed by atoms with van der Waals surface area (Å²) in [7, 11) is 0. The summed E-state index contributed by atoms with van der Waals surface area (Å²) in [5.74, 6) is -2.23. The number of fused-ring (bicyclic) bond motifs is 1. The summed E-state index contributed by atoms with van der Waals surface area (Å²) in [6.45, 7) is 4.46. The van der Waals surface area contributed by atoms with Crippen LogP contribution in [0.25, 0.3) is 0 Å². The first kappa shape index (κ1) is 12.9. The van der Waals surface area contributed by atoms with Gasteiger partial charge in [0, 0.05) is 13.1 Å². The molecule has 2 aliphatic rings. The van der Waals surface area contributed by atoms with Gasteiger partial charge < -0.3 is 5.32 Å². The normalized spacial score (nSPS) is 27.5. The predicted octanol–water partition coefficient (Wildman–Crippen LogP) is 2.15. The number of hydrogen-bond donors (Lipinski definition) is 1. The van der Waals surface area contributed by atoms with E-state index >= 15 is 0 Å². The molecule has 1 N–H and O–H groups in total. The molecule has 5 heteroatoms. The van der Waals surface area contributed by atoms with E-state index in [1.165, 1.54) is 0 Å². The van der Waals surface area contributed by atoms with Crippen molar-refractivity contribution in [3.05, 3.63) is 35.1 Å².